The molecule has 0 radical (unpaired) electrons. The van der Waals surface area contributed by atoms with Gasteiger partial charge in [-0.05, 0) is 25.0 Å². The summed E-state index contributed by atoms with van der Waals surface area (Å²) < 4.78 is 6.32. The summed E-state index contributed by atoms with van der Waals surface area (Å²) in [6.07, 6.45) is 6.66. The monoisotopic (exact) mass is 283 g/mol. The molecule has 16 heavy (non-hydrogen) atoms. The van der Waals surface area contributed by atoms with Crippen molar-refractivity contribution in [1.29, 1.82) is 0 Å². The van der Waals surface area contributed by atoms with E-state index < -0.39 is 0 Å². The van der Waals surface area contributed by atoms with Crippen LogP contribution < -0.4 is 10.1 Å². The Morgan fingerprint density at radius 3 is 2.62 bits per heavy atom. The highest BCUT2D eigenvalue weighted by Gasteiger charge is 2.13. The normalized spacial score (nSPS) is 17.1. The van der Waals surface area contributed by atoms with E-state index in [9.17, 15) is 0 Å². The van der Waals surface area contributed by atoms with Gasteiger partial charge in [0.15, 0.2) is 0 Å². The van der Waals surface area contributed by atoms with Crippen LogP contribution in [0.1, 0.15) is 32.1 Å². The Bertz CT molecular complexity index is 348. The molecular weight excluding hydrogens is 266 g/mol. The molecule has 1 aliphatic carbocycles. The minimum absolute atomic E-state index is 0.632. The lowest BCUT2D eigenvalue weighted by atomic mass is 9.95. The van der Waals surface area contributed by atoms with Gasteiger partial charge >= 0.3 is 0 Å². The van der Waals surface area contributed by atoms with Crippen LogP contribution in [0, 0.1) is 0 Å². The Morgan fingerprint density at radius 2 is 1.94 bits per heavy atom. The van der Waals surface area contributed by atoms with Gasteiger partial charge in [0.05, 0.1) is 7.11 Å². The molecule has 1 saturated carbocycles. The standard InChI is InChI=1S/C13H18BrNO/c1-16-13-8-10(14)7-12(9-13)15-11-5-3-2-4-6-11/h7-9,11,15H,2-6H2,1H3. The minimum atomic E-state index is 0.632. The molecule has 1 N–H and O–H groups in total. The molecule has 1 aromatic carbocycles. The Morgan fingerprint density at radius 1 is 1.19 bits per heavy atom. The molecule has 2 rings (SSSR count). The number of hydrogen-bond acceptors (Lipinski definition) is 2. The molecule has 0 spiro atoms. The molecule has 1 aliphatic rings. The van der Waals surface area contributed by atoms with Gasteiger partial charge in [0.1, 0.15) is 5.75 Å². The highest BCUT2D eigenvalue weighted by molar-refractivity contribution is 9.10. The molecule has 88 valence electrons. The Balaban J connectivity index is 2.04. The summed E-state index contributed by atoms with van der Waals surface area (Å²) in [5.74, 6) is 0.896. The third-order valence-corrected chi connectivity index (χ3v) is 3.54. The van der Waals surface area contributed by atoms with Crippen molar-refractivity contribution in [2.45, 2.75) is 38.1 Å². The van der Waals surface area contributed by atoms with Crippen molar-refractivity contribution >= 4 is 21.6 Å². The first-order valence-electron chi connectivity index (χ1n) is 5.89. The summed E-state index contributed by atoms with van der Waals surface area (Å²) in [7, 11) is 1.70. The molecule has 0 amide bonds. The van der Waals surface area contributed by atoms with Gasteiger partial charge in [-0.2, -0.15) is 0 Å². The second kappa shape index (κ2) is 5.58. The number of anilines is 1. The summed E-state index contributed by atoms with van der Waals surface area (Å²) >= 11 is 3.50. The Hall–Kier alpha value is -0.700. The number of benzene rings is 1. The molecule has 0 saturated heterocycles. The smallest absolute Gasteiger partial charge is 0.122 e. The van der Waals surface area contributed by atoms with Crippen molar-refractivity contribution < 1.29 is 4.74 Å². The summed E-state index contributed by atoms with van der Waals surface area (Å²) in [5, 5.41) is 3.59. The van der Waals surface area contributed by atoms with Crippen LogP contribution in [0.2, 0.25) is 0 Å². The number of nitrogens with one attached hydrogen (secondary N) is 1. The van der Waals surface area contributed by atoms with E-state index in [0.29, 0.717) is 6.04 Å². The summed E-state index contributed by atoms with van der Waals surface area (Å²) in [6, 6.07) is 6.77. The van der Waals surface area contributed by atoms with Crippen LogP contribution >= 0.6 is 15.9 Å². The van der Waals surface area contributed by atoms with Gasteiger partial charge in [-0.1, -0.05) is 35.2 Å². The van der Waals surface area contributed by atoms with Crippen LogP contribution in [0.5, 0.6) is 5.75 Å². The lowest BCUT2D eigenvalue weighted by molar-refractivity contribution is 0.414. The van der Waals surface area contributed by atoms with Gasteiger partial charge in [-0.25, -0.2) is 0 Å². The largest absolute Gasteiger partial charge is 0.497 e. The topological polar surface area (TPSA) is 21.3 Å². The number of hydrogen-bond donors (Lipinski definition) is 1. The fourth-order valence-electron chi connectivity index (χ4n) is 2.25. The zero-order chi connectivity index (χ0) is 11.4. The van der Waals surface area contributed by atoms with E-state index >= 15 is 0 Å². The van der Waals surface area contributed by atoms with Crippen molar-refractivity contribution in [2.24, 2.45) is 0 Å². The molecule has 1 fully saturated rings. The maximum absolute atomic E-state index is 5.25. The molecule has 0 aromatic heterocycles. The van der Waals surface area contributed by atoms with Crippen molar-refractivity contribution in [3.05, 3.63) is 22.7 Å². The van der Waals surface area contributed by atoms with E-state index in [1.165, 1.54) is 32.1 Å². The molecule has 0 unspecified atom stereocenters. The summed E-state index contributed by atoms with van der Waals surface area (Å²) in [6.45, 7) is 0. The van der Waals surface area contributed by atoms with Crippen LogP contribution in [0.15, 0.2) is 22.7 Å². The van der Waals surface area contributed by atoms with E-state index in [4.69, 9.17) is 4.74 Å². The first kappa shape index (κ1) is 11.8. The van der Waals surface area contributed by atoms with Crippen LogP contribution in [0.4, 0.5) is 5.69 Å². The predicted octanol–water partition coefficient (Wildman–Crippen LogP) is 4.20. The van der Waals surface area contributed by atoms with Crippen molar-refractivity contribution in [3.63, 3.8) is 0 Å². The van der Waals surface area contributed by atoms with E-state index in [1.807, 2.05) is 6.07 Å². The molecule has 0 heterocycles. The molecule has 0 atom stereocenters. The zero-order valence-electron chi connectivity index (χ0n) is 9.63. The van der Waals surface area contributed by atoms with Gasteiger partial charge in [0.25, 0.3) is 0 Å². The second-order valence-electron chi connectivity index (χ2n) is 4.36. The van der Waals surface area contributed by atoms with Gasteiger partial charge in [-0.15, -0.1) is 0 Å². The van der Waals surface area contributed by atoms with Gasteiger partial charge in [-0.3, -0.25) is 0 Å². The van der Waals surface area contributed by atoms with Crippen LogP contribution in [-0.4, -0.2) is 13.2 Å². The van der Waals surface area contributed by atoms with E-state index in [-0.39, 0.29) is 0 Å². The molecule has 2 nitrogen and oxygen atoms in total. The lowest BCUT2D eigenvalue weighted by Gasteiger charge is -2.24. The molecule has 0 bridgehead atoms. The van der Waals surface area contributed by atoms with Gasteiger partial charge < -0.3 is 10.1 Å². The van der Waals surface area contributed by atoms with Crippen LogP contribution in [0.25, 0.3) is 0 Å². The average molecular weight is 284 g/mol. The number of halogens is 1. The minimum Gasteiger partial charge on any atom is -0.497 e. The van der Waals surface area contributed by atoms with Crippen molar-refractivity contribution in [3.8, 4) is 5.75 Å². The number of rotatable bonds is 3. The average Bonchev–Trinajstić information content (AvgIpc) is 2.29. The third-order valence-electron chi connectivity index (χ3n) is 3.08. The van der Waals surface area contributed by atoms with Gasteiger partial charge in [0, 0.05) is 22.3 Å². The SMILES string of the molecule is COc1cc(Br)cc(NC2CCCCC2)c1. The molecule has 1 aromatic rings. The molecule has 3 heteroatoms. The van der Waals surface area contributed by atoms with E-state index in [0.717, 1.165) is 15.9 Å². The lowest BCUT2D eigenvalue weighted by Crippen LogP contribution is -2.22. The fraction of sp³-hybridized carbons (Fsp3) is 0.538. The van der Waals surface area contributed by atoms with Crippen molar-refractivity contribution in [1.82, 2.24) is 0 Å². The zero-order valence-corrected chi connectivity index (χ0v) is 11.2. The highest BCUT2D eigenvalue weighted by Crippen LogP contribution is 2.27. The maximum Gasteiger partial charge on any atom is 0.122 e. The van der Waals surface area contributed by atoms with Crippen molar-refractivity contribution in [2.75, 3.05) is 12.4 Å². The second-order valence-corrected chi connectivity index (χ2v) is 5.27. The predicted molar refractivity (Wildman–Crippen MR) is 71.2 cm³/mol. The fourth-order valence-corrected chi connectivity index (χ4v) is 2.72. The summed E-state index contributed by atoms with van der Waals surface area (Å²) in [4.78, 5) is 0. The number of ether oxygens (including phenoxy) is 1. The van der Waals surface area contributed by atoms with E-state index in [2.05, 4.69) is 33.4 Å². The molecule has 0 aliphatic heterocycles. The quantitative estimate of drug-likeness (QED) is 0.898. The number of methoxy groups -OCH3 is 1. The first-order valence-corrected chi connectivity index (χ1v) is 6.68. The van der Waals surface area contributed by atoms with Crippen LogP contribution in [-0.2, 0) is 0 Å². The summed E-state index contributed by atoms with van der Waals surface area (Å²) in [5.41, 5.74) is 1.15. The highest BCUT2D eigenvalue weighted by atomic mass is 79.9. The Kier molecular flexibility index (Phi) is 4.10. The Labute approximate surface area is 106 Å². The maximum atomic E-state index is 5.25. The van der Waals surface area contributed by atoms with Crippen LogP contribution in [0.3, 0.4) is 0 Å². The first-order chi connectivity index (χ1) is 7.78. The van der Waals surface area contributed by atoms with Gasteiger partial charge in [0.2, 0.25) is 0 Å². The third kappa shape index (κ3) is 3.14. The van der Waals surface area contributed by atoms with E-state index in [1.54, 1.807) is 7.11 Å². The molecular formula is C13H18BrNO.